The Morgan fingerprint density at radius 1 is 1.25 bits per heavy atom. The number of hydrogen-bond donors (Lipinski definition) is 2. The van der Waals surface area contributed by atoms with Gasteiger partial charge in [-0.25, -0.2) is 4.79 Å². The van der Waals surface area contributed by atoms with Crippen molar-refractivity contribution in [2.24, 2.45) is 0 Å². The van der Waals surface area contributed by atoms with Crippen LogP contribution in [0, 0.1) is 0 Å². The highest BCUT2D eigenvalue weighted by Crippen LogP contribution is 2.34. The van der Waals surface area contributed by atoms with Crippen molar-refractivity contribution in [3.8, 4) is 0 Å². The first-order valence-electron chi connectivity index (χ1n) is 7.18. The molecule has 2 amide bonds. The molecular formula is C16H18F3N3OS. The molecule has 0 aliphatic heterocycles. The third-order valence-electron chi connectivity index (χ3n) is 3.49. The second-order valence-electron chi connectivity index (χ2n) is 5.41. The Balaban J connectivity index is 2.01. The van der Waals surface area contributed by atoms with Gasteiger partial charge in [0.15, 0.2) is 0 Å². The third kappa shape index (κ3) is 4.72. The zero-order chi connectivity index (χ0) is 17.7. The molecule has 0 fully saturated rings. The zero-order valence-corrected chi connectivity index (χ0v) is 14.0. The van der Waals surface area contributed by atoms with E-state index >= 15 is 0 Å². The van der Waals surface area contributed by atoms with E-state index in [4.69, 9.17) is 0 Å². The minimum atomic E-state index is -4.52. The van der Waals surface area contributed by atoms with E-state index in [0.29, 0.717) is 0 Å². The van der Waals surface area contributed by atoms with Crippen molar-refractivity contribution >= 4 is 23.1 Å². The van der Waals surface area contributed by atoms with Gasteiger partial charge in [0.05, 0.1) is 17.3 Å². The fourth-order valence-electron chi connectivity index (χ4n) is 2.26. The van der Waals surface area contributed by atoms with Crippen molar-refractivity contribution < 1.29 is 18.0 Å². The topological polar surface area (TPSA) is 44.4 Å². The Morgan fingerprint density at radius 2 is 1.96 bits per heavy atom. The summed E-state index contributed by atoms with van der Waals surface area (Å²) in [5.74, 6) is 0. The molecule has 1 aromatic heterocycles. The predicted molar refractivity (Wildman–Crippen MR) is 89.2 cm³/mol. The molecule has 2 N–H and O–H groups in total. The molecule has 0 unspecified atom stereocenters. The maximum absolute atomic E-state index is 12.9. The maximum Gasteiger partial charge on any atom is 0.418 e. The number of amides is 2. The Labute approximate surface area is 142 Å². The average molecular weight is 357 g/mol. The molecule has 0 aliphatic rings. The Bertz CT molecular complexity index is 671. The van der Waals surface area contributed by atoms with Gasteiger partial charge in [0.1, 0.15) is 0 Å². The van der Waals surface area contributed by atoms with E-state index in [0.717, 1.165) is 11.6 Å². The first-order chi connectivity index (χ1) is 11.3. The summed E-state index contributed by atoms with van der Waals surface area (Å²) in [6.07, 6.45) is -4.52. The summed E-state index contributed by atoms with van der Waals surface area (Å²) < 4.78 is 38.8. The number of nitrogens with one attached hydrogen (secondary N) is 2. The molecule has 4 nitrogen and oxygen atoms in total. The number of likely N-dealkylation sites (N-methyl/N-ethyl adjacent to an activating group) is 1. The summed E-state index contributed by atoms with van der Waals surface area (Å²) in [5.41, 5.74) is -0.0948. The molecule has 0 spiro atoms. The van der Waals surface area contributed by atoms with Gasteiger partial charge in [0.2, 0.25) is 0 Å². The quantitative estimate of drug-likeness (QED) is 0.843. The number of anilines is 1. The summed E-state index contributed by atoms with van der Waals surface area (Å²) in [5, 5.41) is 8.81. The van der Waals surface area contributed by atoms with E-state index in [2.05, 4.69) is 10.6 Å². The molecule has 130 valence electrons. The van der Waals surface area contributed by atoms with Crippen LogP contribution in [0.2, 0.25) is 0 Å². The van der Waals surface area contributed by atoms with Crippen molar-refractivity contribution in [1.82, 2.24) is 10.2 Å². The SMILES string of the molecule is CN(C)[C@@H](CNC(=O)Nc1ccccc1C(F)(F)F)c1ccsc1. The summed E-state index contributed by atoms with van der Waals surface area (Å²) in [4.78, 5) is 13.9. The number of para-hydroxylation sites is 1. The fraction of sp³-hybridized carbons (Fsp3) is 0.312. The van der Waals surface area contributed by atoms with Crippen LogP contribution in [-0.2, 0) is 6.18 Å². The van der Waals surface area contributed by atoms with Gasteiger partial charge < -0.3 is 15.5 Å². The summed E-state index contributed by atoms with van der Waals surface area (Å²) in [7, 11) is 3.75. The normalized spacial score (nSPS) is 12.9. The number of halogens is 3. The summed E-state index contributed by atoms with van der Waals surface area (Å²) in [6.45, 7) is 0.281. The first kappa shape index (κ1) is 18.3. The second-order valence-corrected chi connectivity index (χ2v) is 6.19. The van der Waals surface area contributed by atoms with E-state index in [-0.39, 0.29) is 18.3 Å². The molecule has 0 saturated carbocycles. The number of carbonyl (C=O) groups excluding carboxylic acids is 1. The minimum Gasteiger partial charge on any atom is -0.336 e. The van der Waals surface area contributed by atoms with Gasteiger partial charge in [-0.3, -0.25) is 0 Å². The molecule has 2 rings (SSSR count). The van der Waals surface area contributed by atoms with E-state index in [9.17, 15) is 18.0 Å². The van der Waals surface area contributed by atoms with Crippen LogP contribution in [0.5, 0.6) is 0 Å². The van der Waals surface area contributed by atoms with Crippen LogP contribution in [0.4, 0.5) is 23.7 Å². The summed E-state index contributed by atoms with van der Waals surface area (Å²) >= 11 is 1.55. The van der Waals surface area contributed by atoms with Gasteiger partial charge in [0, 0.05) is 6.54 Å². The van der Waals surface area contributed by atoms with Gasteiger partial charge >= 0.3 is 12.2 Å². The lowest BCUT2D eigenvalue weighted by Gasteiger charge is -2.24. The molecule has 24 heavy (non-hydrogen) atoms. The van der Waals surface area contributed by atoms with Crippen molar-refractivity contribution in [3.05, 3.63) is 52.2 Å². The van der Waals surface area contributed by atoms with E-state index < -0.39 is 17.8 Å². The fourth-order valence-corrected chi connectivity index (χ4v) is 2.97. The second kappa shape index (κ2) is 7.67. The van der Waals surface area contributed by atoms with Gasteiger partial charge in [0.25, 0.3) is 0 Å². The van der Waals surface area contributed by atoms with Crippen molar-refractivity contribution in [2.45, 2.75) is 12.2 Å². The number of nitrogens with zero attached hydrogens (tertiary/aromatic N) is 1. The van der Waals surface area contributed by atoms with E-state index in [1.807, 2.05) is 35.8 Å². The van der Waals surface area contributed by atoms with Crippen molar-refractivity contribution in [3.63, 3.8) is 0 Å². The number of benzene rings is 1. The number of hydrogen-bond acceptors (Lipinski definition) is 3. The van der Waals surface area contributed by atoms with E-state index in [1.165, 1.54) is 18.2 Å². The van der Waals surface area contributed by atoms with Crippen LogP contribution >= 0.6 is 11.3 Å². The monoisotopic (exact) mass is 357 g/mol. The van der Waals surface area contributed by atoms with Crippen LogP contribution in [-0.4, -0.2) is 31.6 Å². The van der Waals surface area contributed by atoms with Gasteiger partial charge in [-0.2, -0.15) is 24.5 Å². The lowest BCUT2D eigenvalue weighted by Crippen LogP contribution is -2.37. The molecule has 0 saturated heterocycles. The first-order valence-corrected chi connectivity index (χ1v) is 8.13. The molecule has 0 bridgehead atoms. The Hall–Kier alpha value is -2.06. The standard InChI is InChI=1S/C16H18F3N3OS/c1-22(2)14(11-7-8-24-10-11)9-20-15(23)21-13-6-4-3-5-12(13)16(17,18)19/h3-8,10,14H,9H2,1-2H3,(H2,20,21,23)/t14-/m0/s1. The number of alkyl halides is 3. The third-order valence-corrected chi connectivity index (χ3v) is 4.19. The van der Waals surface area contributed by atoms with Crippen LogP contribution in [0.3, 0.4) is 0 Å². The highest BCUT2D eigenvalue weighted by atomic mass is 32.1. The van der Waals surface area contributed by atoms with Crippen molar-refractivity contribution in [1.29, 1.82) is 0 Å². The Kier molecular flexibility index (Phi) is 5.84. The largest absolute Gasteiger partial charge is 0.418 e. The van der Waals surface area contributed by atoms with Crippen LogP contribution in [0.1, 0.15) is 17.2 Å². The van der Waals surface area contributed by atoms with E-state index in [1.54, 1.807) is 11.3 Å². The highest BCUT2D eigenvalue weighted by molar-refractivity contribution is 7.07. The Morgan fingerprint density at radius 3 is 2.54 bits per heavy atom. The van der Waals surface area contributed by atoms with Gasteiger partial charge in [-0.15, -0.1) is 0 Å². The smallest absolute Gasteiger partial charge is 0.336 e. The molecule has 8 heteroatoms. The molecule has 0 radical (unpaired) electrons. The number of urea groups is 1. The number of thiophene rings is 1. The number of rotatable bonds is 5. The highest BCUT2D eigenvalue weighted by Gasteiger charge is 2.33. The zero-order valence-electron chi connectivity index (χ0n) is 13.2. The maximum atomic E-state index is 12.9. The molecule has 1 aromatic carbocycles. The predicted octanol–water partition coefficient (Wildman–Crippen LogP) is 4.19. The molecule has 2 aromatic rings. The minimum absolute atomic E-state index is 0.0557. The lowest BCUT2D eigenvalue weighted by molar-refractivity contribution is -0.136. The molecule has 1 heterocycles. The van der Waals surface area contributed by atoms with Gasteiger partial charge in [-0.05, 0) is 48.6 Å². The number of carbonyl (C=O) groups is 1. The van der Waals surface area contributed by atoms with Crippen molar-refractivity contribution in [2.75, 3.05) is 26.0 Å². The van der Waals surface area contributed by atoms with Crippen LogP contribution < -0.4 is 10.6 Å². The van der Waals surface area contributed by atoms with Crippen LogP contribution in [0.15, 0.2) is 41.1 Å². The van der Waals surface area contributed by atoms with Crippen LogP contribution in [0.25, 0.3) is 0 Å². The molecule has 1 atom stereocenters. The lowest BCUT2D eigenvalue weighted by atomic mass is 10.1. The summed E-state index contributed by atoms with van der Waals surface area (Å²) in [6, 6.07) is 6.11. The molecule has 0 aliphatic carbocycles. The van der Waals surface area contributed by atoms with Gasteiger partial charge in [-0.1, -0.05) is 12.1 Å². The average Bonchev–Trinajstić information content (AvgIpc) is 3.00. The molecular weight excluding hydrogens is 339 g/mol.